The van der Waals surface area contributed by atoms with Crippen LogP contribution in [0.25, 0.3) is 0 Å². The van der Waals surface area contributed by atoms with E-state index in [4.69, 9.17) is 4.74 Å². The first-order valence-electron chi connectivity index (χ1n) is 5.02. The number of benzene rings is 1. The zero-order chi connectivity index (χ0) is 10.4. The van der Waals surface area contributed by atoms with Gasteiger partial charge in [-0.25, -0.2) is 0 Å². The highest BCUT2D eigenvalue weighted by Gasteiger charge is 2.04. The Kier molecular flexibility index (Phi) is 4.17. The standard InChI is InChI=1S/C12H16O2/c1-3-11(4-2)14-12-7-5-10(9-13)6-8-12/h5-9,11H,3-4H2,1-2H3. The number of carbonyl (C=O) groups is 1. The molecule has 2 nitrogen and oxygen atoms in total. The Bertz CT molecular complexity index is 273. The van der Waals surface area contributed by atoms with Crippen molar-refractivity contribution in [1.82, 2.24) is 0 Å². The number of rotatable bonds is 5. The van der Waals surface area contributed by atoms with Gasteiger partial charge in [-0.2, -0.15) is 0 Å². The van der Waals surface area contributed by atoms with E-state index in [9.17, 15) is 4.79 Å². The Morgan fingerprint density at radius 3 is 2.21 bits per heavy atom. The van der Waals surface area contributed by atoms with E-state index in [1.165, 1.54) is 0 Å². The topological polar surface area (TPSA) is 26.3 Å². The molecular formula is C12H16O2. The van der Waals surface area contributed by atoms with Gasteiger partial charge in [-0.3, -0.25) is 4.79 Å². The van der Waals surface area contributed by atoms with Gasteiger partial charge in [0.1, 0.15) is 12.0 Å². The summed E-state index contributed by atoms with van der Waals surface area (Å²) in [5.74, 6) is 0.837. The third-order valence-electron chi connectivity index (χ3n) is 2.23. The van der Waals surface area contributed by atoms with Gasteiger partial charge in [0.05, 0.1) is 6.10 Å². The third kappa shape index (κ3) is 2.87. The maximum absolute atomic E-state index is 10.4. The Morgan fingerprint density at radius 1 is 1.21 bits per heavy atom. The van der Waals surface area contributed by atoms with E-state index >= 15 is 0 Å². The van der Waals surface area contributed by atoms with Gasteiger partial charge in [-0.1, -0.05) is 13.8 Å². The maximum Gasteiger partial charge on any atom is 0.150 e. The molecule has 0 aromatic heterocycles. The van der Waals surface area contributed by atoms with Crippen molar-refractivity contribution in [2.24, 2.45) is 0 Å². The molecule has 0 N–H and O–H groups in total. The van der Waals surface area contributed by atoms with Crippen LogP contribution in [0.2, 0.25) is 0 Å². The SMILES string of the molecule is CCC(CC)Oc1ccc(C=O)cc1. The van der Waals surface area contributed by atoms with Crippen LogP contribution in [0, 0.1) is 0 Å². The highest BCUT2D eigenvalue weighted by atomic mass is 16.5. The number of ether oxygens (including phenoxy) is 1. The van der Waals surface area contributed by atoms with Crippen molar-refractivity contribution in [1.29, 1.82) is 0 Å². The molecule has 0 saturated heterocycles. The fourth-order valence-corrected chi connectivity index (χ4v) is 1.27. The highest BCUT2D eigenvalue weighted by molar-refractivity contribution is 5.74. The Balaban J connectivity index is 2.63. The summed E-state index contributed by atoms with van der Waals surface area (Å²) in [4.78, 5) is 10.4. The van der Waals surface area contributed by atoms with Crippen molar-refractivity contribution >= 4 is 6.29 Å². The van der Waals surface area contributed by atoms with Gasteiger partial charge in [0, 0.05) is 5.56 Å². The number of carbonyl (C=O) groups excluding carboxylic acids is 1. The number of hydrogen-bond acceptors (Lipinski definition) is 2. The molecule has 0 aliphatic rings. The van der Waals surface area contributed by atoms with E-state index in [2.05, 4.69) is 13.8 Å². The first kappa shape index (κ1) is 10.8. The second-order valence-corrected chi connectivity index (χ2v) is 3.24. The molecular weight excluding hydrogens is 176 g/mol. The van der Waals surface area contributed by atoms with Gasteiger partial charge in [-0.05, 0) is 37.1 Å². The van der Waals surface area contributed by atoms with Crippen LogP contribution >= 0.6 is 0 Å². The number of aldehydes is 1. The minimum Gasteiger partial charge on any atom is -0.490 e. The van der Waals surface area contributed by atoms with Crippen LogP contribution in [0.3, 0.4) is 0 Å². The Morgan fingerprint density at radius 2 is 1.79 bits per heavy atom. The van der Waals surface area contributed by atoms with E-state index in [1.54, 1.807) is 12.1 Å². The van der Waals surface area contributed by atoms with Crippen LogP contribution in [-0.2, 0) is 0 Å². The molecule has 0 aliphatic heterocycles. The summed E-state index contributed by atoms with van der Waals surface area (Å²) in [5.41, 5.74) is 0.682. The zero-order valence-electron chi connectivity index (χ0n) is 8.69. The summed E-state index contributed by atoms with van der Waals surface area (Å²) in [7, 11) is 0. The molecule has 1 rings (SSSR count). The van der Waals surface area contributed by atoms with E-state index in [-0.39, 0.29) is 6.10 Å². The summed E-state index contributed by atoms with van der Waals surface area (Å²) in [6, 6.07) is 7.21. The molecule has 0 saturated carbocycles. The van der Waals surface area contributed by atoms with E-state index in [0.29, 0.717) is 5.56 Å². The van der Waals surface area contributed by atoms with Crippen LogP contribution in [-0.4, -0.2) is 12.4 Å². The van der Waals surface area contributed by atoms with Crippen LogP contribution < -0.4 is 4.74 Å². The van der Waals surface area contributed by atoms with Gasteiger partial charge < -0.3 is 4.74 Å². The molecule has 1 aromatic carbocycles. The second kappa shape index (κ2) is 5.43. The number of hydrogen-bond donors (Lipinski definition) is 0. The van der Waals surface area contributed by atoms with Gasteiger partial charge in [0.25, 0.3) is 0 Å². The monoisotopic (exact) mass is 192 g/mol. The van der Waals surface area contributed by atoms with Crippen molar-refractivity contribution in [3.05, 3.63) is 29.8 Å². The van der Waals surface area contributed by atoms with Crippen molar-refractivity contribution < 1.29 is 9.53 Å². The fraction of sp³-hybridized carbons (Fsp3) is 0.417. The predicted molar refractivity (Wildman–Crippen MR) is 56.8 cm³/mol. The van der Waals surface area contributed by atoms with Crippen LogP contribution in [0.4, 0.5) is 0 Å². The molecule has 14 heavy (non-hydrogen) atoms. The molecule has 0 fully saturated rings. The Hall–Kier alpha value is -1.31. The third-order valence-corrected chi connectivity index (χ3v) is 2.23. The van der Waals surface area contributed by atoms with Crippen LogP contribution in [0.15, 0.2) is 24.3 Å². The lowest BCUT2D eigenvalue weighted by Crippen LogP contribution is -2.13. The van der Waals surface area contributed by atoms with E-state index in [0.717, 1.165) is 24.9 Å². The highest BCUT2D eigenvalue weighted by Crippen LogP contribution is 2.15. The summed E-state index contributed by atoms with van der Waals surface area (Å²) in [5, 5.41) is 0. The quantitative estimate of drug-likeness (QED) is 0.670. The van der Waals surface area contributed by atoms with Crippen LogP contribution in [0.1, 0.15) is 37.0 Å². The molecule has 0 aliphatic carbocycles. The molecule has 0 unspecified atom stereocenters. The molecule has 0 amide bonds. The molecule has 0 atom stereocenters. The summed E-state index contributed by atoms with van der Waals surface area (Å²) in [6.07, 6.45) is 3.12. The molecule has 0 heterocycles. The van der Waals surface area contributed by atoms with Gasteiger partial charge >= 0.3 is 0 Å². The largest absolute Gasteiger partial charge is 0.490 e. The fourth-order valence-electron chi connectivity index (χ4n) is 1.27. The minimum atomic E-state index is 0.275. The van der Waals surface area contributed by atoms with Gasteiger partial charge in [0.2, 0.25) is 0 Å². The summed E-state index contributed by atoms with van der Waals surface area (Å²) >= 11 is 0. The summed E-state index contributed by atoms with van der Waals surface area (Å²) < 4.78 is 5.70. The predicted octanol–water partition coefficient (Wildman–Crippen LogP) is 3.07. The molecule has 0 radical (unpaired) electrons. The normalized spacial score (nSPS) is 10.2. The van der Waals surface area contributed by atoms with Crippen molar-refractivity contribution in [2.45, 2.75) is 32.8 Å². The lowest BCUT2D eigenvalue weighted by molar-refractivity contribution is 0.112. The van der Waals surface area contributed by atoms with Gasteiger partial charge in [0.15, 0.2) is 0 Å². The molecule has 0 spiro atoms. The van der Waals surface area contributed by atoms with Gasteiger partial charge in [-0.15, -0.1) is 0 Å². The molecule has 0 bridgehead atoms. The van der Waals surface area contributed by atoms with Crippen molar-refractivity contribution in [3.8, 4) is 5.75 Å². The van der Waals surface area contributed by atoms with E-state index in [1.807, 2.05) is 12.1 Å². The van der Waals surface area contributed by atoms with E-state index < -0.39 is 0 Å². The smallest absolute Gasteiger partial charge is 0.150 e. The first-order valence-corrected chi connectivity index (χ1v) is 5.02. The second-order valence-electron chi connectivity index (χ2n) is 3.24. The molecule has 2 heteroatoms. The lowest BCUT2D eigenvalue weighted by Gasteiger charge is -2.15. The van der Waals surface area contributed by atoms with Crippen molar-refractivity contribution in [2.75, 3.05) is 0 Å². The average Bonchev–Trinajstić information content (AvgIpc) is 2.26. The maximum atomic E-state index is 10.4. The summed E-state index contributed by atoms with van der Waals surface area (Å²) in [6.45, 7) is 4.21. The Labute approximate surface area is 84.9 Å². The first-order chi connectivity index (χ1) is 6.80. The minimum absolute atomic E-state index is 0.275. The molecule has 1 aromatic rings. The zero-order valence-corrected chi connectivity index (χ0v) is 8.69. The van der Waals surface area contributed by atoms with Crippen molar-refractivity contribution in [3.63, 3.8) is 0 Å². The average molecular weight is 192 g/mol. The molecule has 76 valence electrons. The van der Waals surface area contributed by atoms with Crippen LogP contribution in [0.5, 0.6) is 5.75 Å². The lowest BCUT2D eigenvalue weighted by atomic mass is 10.2.